The van der Waals surface area contributed by atoms with Gasteiger partial charge in [0.1, 0.15) is 13.2 Å². The molecule has 1 fully saturated rings. The van der Waals surface area contributed by atoms with Crippen LogP contribution in [0.15, 0.2) is 12.7 Å². The lowest BCUT2D eigenvalue weighted by Gasteiger charge is -2.03. The largest absolute Gasteiger partial charge is 0.459 e. The predicted octanol–water partition coefficient (Wildman–Crippen LogP) is -0.624. The maximum atomic E-state index is 11.0. The fourth-order valence-electron chi connectivity index (χ4n) is 0.684. The van der Waals surface area contributed by atoms with Crippen LogP contribution in [0.3, 0.4) is 0 Å². The van der Waals surface area contributed by atoms with E-state index >= 15 is 0 Å². The molecular weight excluding hydrogens is 200 g/mol. The number of esters is 1. The molecule has 0 spiro atoms. The van der Waals surface area contributed by atoms with Crippen LogP contribution in [0.25, 0.3) is 0 Å². The molecule has 0 aliphatic carbocycles. The normalized spacial score (nSPS) is 25.4. The Balaban J connectivity index is 2.47. The van der Waals surface area contributed by atoms with Crippen LogP contribution >= 0.6 is 0 Å². The summed E-state index contributed by atoms with van der Waals surface area (Å²) in [6, 6.07) is 0. The Morgan fingerprint density at radius 2 is 2.38 bits per heavy atom. The Kier molecular flexibility index (Phi) is 3.02. The monoisotopic (exact) mass is 208 g/mol. The van der Waals surface area contributed by atoms with Gasteiger partial charge in [0.15, 0.2) is 0 Å². The third-order valence-electron chi connectivity index (χ3n) is 1.20. The molecule has 0 saturated carbocycles. The first-order valence-electron chi connectivity index (χ1n) is 3.40. The predicted molar refractivity (Wildman–Crippen MR) is 40.9 cm³/mol. The molecule has 1 unspecified atom stereocenters. The van der Waals surface area contributed by atoms with Crippen molar-refractivity contribution in [3.63, 3.8) is 0 Å². The highest BCUT2D eigenvalue weighted by molar-refractivity contribution is 7.82. The molecule has 1 saturated heterocycles. The van der Waals surface area contributed by atoms with Gasteiger partial charge in [0, 0.05) is 0 Å². The molecular formula is C6H8O6S. The fourth-order valence-corrected chi connectivity index (χ4v) is 1.45. The number of ether oxygens (including phenoxy) is 1. The van der Waals surface area contributed by atoms with E-state index in [-0.39, 0.29) is 13.2 Å². The van der Waals surface area contributed by atoms with Crippen molar-refractivity contribution < 1.29 is 26.3 Å². The van der Waals surface area contributed by atoms with Gasteiger partial charge in [-0.05, 0) is 0 Å². The standard InChI is InChI=1S/C6H8O6S/c1-2-3-10-6(7)5-4-11-13(8,9)12-5/h2,5H,1,3-4H2. The first kappa shape index (κ1) is 10.2. The van der Waals surface area contributed by atoms with Crippen molar-refractivity contribution in [2.75, 3.05) is 13.2 Å². The topological polar surface area (TPSA) is 78.9 Å². The number of carbonyl (C=O) groups excluding carboxylic acids is 1. The van der Waals surface area contributed by atoms with Crippen molar-refractivity contribution in [1.29, 1.82) is 0 Å². The Hall–Kier alpha value is -0.920. The minimum Gasteiger partial charge on any atom is -0.459 e. The molecule has 0 aromatic rings. The average molecular weight is 208 g/mol. The average Bonchev–Trinajstić information content (AvgIpc) is 2.42. The van der Waals surface area contributed by atoms with E-state index in [1.807, 2.05) is 0 Å². The first-order chi connectivity index (χ1) is 6.05. The third-order valence-corrected chi connectivity index (χ3v) is 2.10. The molecule has 7 heteroatoms. The minimum atomic E-state index is -3.99. The van der Waals surface area contributed by atoms with E-state index in [4.69, 9.17) is 0 Å². The lowest BCUT2D eigenvalue weighted by Crippen LogP contribution is -2.25. The summed E-state index contributed by atoms with van der Waals surface area (Å²) in [5.74, 6) is -0.777. The lowest BCUT2D eigenvalue weighted by molar-refractivity contribution is -0.149. The van der Waals surface area contributed by atoms with E-state index in [0.717, 1.165) is 0 Å². The summed E-state index contributed by atoms with van der Waals surface area (Å²) in [5.41, 5.74) is 0. The second-order valence-corrected chi connectivity index (χ2v) is 3.44. The van der Waals surface area contributed by atoms with E-state index in [2.05, 4.69) is 19.7 Å². The highest BCUT2D eigenvalue weighted by atomic mass is 32.3. The quantitative estimate of drug-likeness (QED) is 0.454. The van der Waals surface area contributed by atoms with Crippen molar-refractivity contribution in [1.82, 2.24) is 0 Å². The Labute approximate surface area is 75.4 Å². The summed E-state index contributed by atoms with van der Waals surface area (Å²) < 4.78 is 34.1. The van der Waals surface area contributed by atoms with Gasteiger partial charge in [0.05, 0.1) is 0 Å². The van der Waals surface area contributed by atoms with Gasteiger partial charge in [-0.3, -0.25) is 0 Å². The lowest BCUT2D eigenvalue weighted by atomic mass is 10.4. The second-order valence-electron chi connectivity index (χ2n) is 2.20. The zero-order valence-electron chi connectivity index (χ0n) is 6.63. The number of hydrogen-bond acceptors (Lipinski definition) is 6. The highest BCUT2D eigenvalue weighted by Crippen LogP contribution is 2.13. The maximum Gasteiger partial charge on any atom is 0.400 e. The van der Waals surface area contributed by atoms with Gasteiger partial charge < -0.3 is 4.74 Å². The second kappa shape index (κ2) is 3.86. The van der Waals surface area contributed by atoms with E-state index in [1.54, 1.807) is 0 Å². The molecule has 1 aliphatic heterocycles. The molecule has 0 amide bonds. The molecule has 0 radical (unpaired) electrons. The summed E-state index contributed by atoms with van der Waals surface area (Å²) >= 11 is 0. The molecule has 13 heavy (non-hydrogen) atoms. The van der Waals surface area contributed by atoms with Gasteiger partial charge in [-0.15, -0.1) is 0 Å². The van der Waals surface area contributed by atoms with Crippen LogP contribution in [0.5, 0.6) is 0 Å². The van der Waals surface area contributed by atoms with E-state index < -0.39 is 22.5 Å². The van der Waals surface area contributed by atoms with Crippen LogP contribution in [0, 0.1) is 0 Å². The molecule has 6 nitrogen and oxygen atoms in total. The van der Waals surface area contributed by atoms with Crippen molar-refractivity contribution in [2.24, 2.45) is 0 Å². The summed E-state index contributed by atoms with van der Waals surface area (Å²) in [7, 11) is -3.99. The summed E-state index contributed by atoms with van der Waals surface area (Å²) in [6.45, 7) is 3.00. The zero-order chi connectivity index (χ0) is 9.90. The minimum absolute atomic E-state index is 0.0126. The van der Waals surface area contributed by atoms with Crippen molar-refractivity contribution in [3.05, 3.63) is 12.7 Å². The summed E-state index contributed by atoms with van der Waals surface area (Å²) in [4.78, 5) is 11.0. The van der Waals surface area contributed by atoms with Gasteiger partial charge in [-0.1, -0.05) is 12.7 Å². The van der Waals surface area contributed by atoms with Gasteiger partial charge >= 0.3 is 16.4 Å². The van der Waals surface area contributed by atoms with E-state index in [0.29, 0.717) is 0 Å². The molecule has 0 bridgehead atoms. The zero-order valence-corrected chi connectivity index (χ0v) is 7.45. The van der Waals surface area contributed by atoms with Crippen LogP contribution in [-0.2, 0) is 28.3 Å². The SMILES string of the molecule is C=CCOC(=O)C1COS(=O)(=O)O1. The molecule has 1 aliphatic rings. The summed E-state index contributed by atoms with van der Waals surface area (Å²) in [6.07, 6.45) is 0.173. The van der Waals surface area contributed by atoms with Crippen molar-refractivity contribution in [3.8, 4) is 0 Å². The maximum absolute atomic E-state index is 11.0. The van der Waals surface area contributed by atoms with Crippen molar-refractivity contribution >= 4 is 16.4 Å². The fraction of sp³-hybridized carbons (Fsp3) is 0.500. The van der Waals surface area contributed by atoms with Crippen LogP contribution < -0.4 is 0 Å². The van der Waals surface area contributed by atoms with E-state index in [9.17, 15) is 13.2 Å². The Bertz CT molecular complexity index is 305. The van der Waals surface area contributed by atoms with Crippen LogP contribution in [0.4, 0.5) is 0 Å². The van der Waals surface area contributed by atoms with Gasteiger partial charge in [0.2, 0.25) is 6.10 Å². The summed E-state index contributed by atoms with van der Waals surface area (Å²) in [5, 5.41) is 0. The van der Waals surface area contributed by atoms with Crippen molar-refractivity contribution in [2.45, 2.75) is 6.10 Å². The number of carbonyl (C=O) groups is 1. The Morgan fingerprint density at radius 3 is 2.85 bits per heavy atom. The van der Waals surface area contributed by atoms with Crippen LogP contribution in [0.1, 0.15) is 0 Å². The molecule has 0 aromatic heterocycles. The molecule has 74 valence electrons. The Morgan fingerprint density at radius 1 is 1.69 bits per heavy atom. The van der Waals surface area contributed by atoms with Gasteiger partial charge in [0.25, 0.3) is 0 Å². The smallest absolute Gasteiger partial charge is 0.400 e. The van der Waals surface area contributed by atoms with Crippen LogP contribution in [0.2, 0.25) is 0 Å². The molecule has 0 aromatic carbocycles. The molecule has 1 atom stereocenters. The van der Waals surface area contributed by atoms with Crippen LogP contribution in [-0.4, -0.2) is 33.7 Å². The molecule has 1 heterocycles. The number of hydrogen-bond donors (Lipinski definition) is 0. The first-order valence-corrected chi connectivity index (χ1v) is 4.73. The molecule has 1 rings (SSSR count). The third kappa shape index (κ3) is 2.79. The number of rotatable bonds is 3. The van der Waals surface area contributed by atoms with Gasteiger partial charge in [-0.2, -0.15) is 8.42 Å². The van der Waals surface area contributed by atoms with E-state index in [1.165, 1.54) is 6.08 Å². The van der Waals surface area contributed by atoms with Gasteiger partial charge in [-0.25, -0.2) is 13.2 Å². The molecule has 0 N–H and O–H groups in total. The highest BCUT2D eigenvalue weighted by Gasteiger charge is 2.36.